The van der Waals surface area contributed by atoms with Crippen LogP contribution < -0.4 is 16.2 Å². The molecule has 41 heavy (non-hydrogen) atoms. The van der Waals surface area contributed by atoms with Crippen molar-refractivity contribution in [2.75, 3.05) is 24.2 Å². The van der Waals surface area contributed by atoms with Crippen LogP contribution in [0, 0.1) is 18.7 Å². The number of fused-ring (bicyclic) bond motifs is 5. The molecule has 4 heterocycles. The molecule has 10 nitrogen and oxygen atoms in total. The summed E-state index contributed by atoms with van der Waals surface area (Å²) >= 11 is 1.39. The van der Waals surface area contributed by atoms with Crippen LogP contribution in [0.15, 0.2) is 35.1 Å². The number of amides is 1. The highest BCUT2D eigenvalue weighted by Gasteiger charge is 2.40. The summed E-state index contributed by atoms with van der Waals surface area (Å²) in [7, 11) is 2.05. The second-order valence-electron chi connectivity index (χ2n) is 11.3. The second-order valence-corrected chi connectivity index (χ2v) is 12.4. The van der Waals surface area contributed by atoms with Gasteiger partial charge in [-0.15, -0.1) is 11.3 Å². The van der Waals surface area contributed by atoms with E-state index in [-0.39, 0.29) is 17.3 Å². The Bertz CT molecular complexity index is 1730. The number of nitrogens with zero attached hydrogens (tertiary/aromatic N) is 4. The summed E-state index contributed by atoms with van der Waals surface area (Å²) < 4.78 is 17.0. The molecule has 1 saturated carbocycles. The van der Waals surface area contributed by atoms with E-state index in [2.05, 4.69) is 30.8 Å². The fraction of sp³-hybridized carbons (Fsp3) is 0.379. The maximum Gasteiger partial charge on any atom is 0.287 e. The van der Waals surface area contributed by atoms with Crippen LogP contribution >= 0.6 is 11.3 Å². The van der Waals surface area contributed by atoms with Gasteiger partial charge in [0.1, 0.15) is 11.5 Å². The Labute approximate surface area is 239 Å². The number of aliphatic hydroxyl groups is 1. The molecule has 2 unspecified atom stereocenters. The van der Waals surface area contributed by atoms with E-state index in [1.165, 1.54) is 17.4 Å². The van der Waals surface area contributed by atoms with E-state index >= 15 is 4.39 Å². The second kappa shape index (κ2) is 9.89. The number of rotatable bonds is 5. The fourth-order valence-corrected chi connectivity index (χ4v) is 7.64. The first kappa shape index (κ1) is 26.1. The first-order valence-corrected chi connectivity index (χ1v) is 14.6. The number of H-pyrrole nitrogens is 1. The van der Waals surface area contributed by atoms with Crippen molar-refractivity contribution in [3.8, 4) is 11.3 Å². The van der Waals surface area contributed by atoms with Gasteiger partial charge in [-0.05, 0) is 80.5 Å². The number of aromatic nitrogens is 4. The van der Waals surface area contributed by atoms with Gasteiger partial charge in [-0.3, -0.25) is 19.2 Å². The summed E-state index contributed by atoms with van der Waals surface area (Å²) in [5.41, 5.74) is 3.23. The van der Waals surface area contributed by atoms with Gasteiger partial charge in [0.2, 0.25) is 0 Å². The molecule has 3 aliphatic rings. The minimum absolute atomic E-state index is 0.0503. The van der Waals surface area contributed by atoms with Crippen molar-refractivity contribution in [1.82, 2.24) is 24.9 Å². The lowest BCUT2D eigenvalue weighted by molar-refractivity contribution is 0.102. The topological polar surface area (TPSA) is 128 Å². The van der Waals surface area contributed by atoms with Gasteiger partial charge in [0.15, 0.2) is 5.82 Å². The number of carbonyl (C=O) groups excluding carboxylic acids is 1. The lowest BCUT2D eigenvalue weighted by Gasteiger charge is -2.24. The van der Waals surface area contributed by atoms with Gasteiger partial charge in [0.25, 0.3) is 11.5 Å². The average molecular weight is 576 g/mol. The molecule has 7 rings (SSSR count). The van der Waals surface area contributed by atoms with Gasteiger partial charge in [-0.2, -0.15) is 10.2 Å². The van der Waals surface area contributed by atoms with Crippen LogP contribution in [-0.2, 0) is 13.1 Å². The SMILES string of the molecule is Cc1c(-c2cc(Nc3cc4n(n3)CCN(C)C4)c(=O)[nH]n2)ccc(F)c1NC(=O)c1cc2c(s1)C1CCC(C1)[C@@H]2O. The molecule has 1 aromatic carbocycles. The fourth-order valence-electron chi connectivity index (χ4n) is 6.39. The van der Waals surface area contributed by atoms with Crippen molar-refractivity contribution >= 4 is 34.4 Å². The number of halogens is 1. The first-order valence-electron chi connectivity index (χ1n) is 13.8. The number of aliphatic hydroxyl groups excluding tert-OH is 1. The van der Waals surface area contributed by atoms with Crippen molar-refractivity contribution in [1.29, 1.82) is 0 Å². The number of benzene rings is 1. The van der Waals surface area contributed by atoms with Gasteiger partial charge >= 0.3 is 0 Å². The Balaban J connectivity index is 1.16. The van der Waals surface area contributed by atoms with Gasteiger partial charge in [0, 0.05) is 29.6 Å². The molecule has 3 aromatic heterocycles. The number of aromatic amines is 1. The smallest absolute Gasteiger partial charge is 0.287 e. The third-order valence-electron chi connectivity index (χ3n) is 8.61. The molecule has 2 bridgehead atoms. The first-order chi connectivity index (χ1) is 19.7. The minimum atomic E-state index is -0.573. The van der Waals surface area contributed by atoms with E-state index < -0.39 is 23.4 Å². The number of hydrogen-bond acceptors (Lipinski definition) is 8. The summed E-state index contributed by atoms with van der Waals surface area (Å²) in [6, 6.07) is 8.12. The minimum Gasteiger partial charge on any atom is -0.388 e. The van der Waals surface area contributed by atoms with Crippen LogP contribution in [0.5, 0.6) is 0 Å². The largest absolute Gasteiger partial charge is 0.388 e. The molecule has 12 heteroatoms. The van der Waals surface area contributed by atoms with Gasteiger partial charge in [-0.1, -0.05) is 0 Å². The zero-order chi connectivity index (χ0) is 28.4. The lowest BCUT2D eigenvalue weighted by atomic mass is 9.86. The maximum absolute atomic E-state index is 15.0. The number of anilines is 3. The molecule has 3 atom stereocenters. The third kappa shape index (κ3) is 4.55. The number of carbonyl (C=O) groups is 1. The van der Waals surface area contributed by atoms with Crippen molar-refractivity contribution in [2.45, 2.75) is 51.3 Å². The van der Waals surface area contributed by atoms with Crippen LogP contribution in [-0.4, -0.2) is 49.5 Å². The monoisotopic (exact) mass is 575 g/mol. The highest BCUT2D eigenvalue weighted by atomic mass is 32.1. The van der Waals surface area contributed by atoms with Crippen LogP contribution in [0.1, 0.15) is 62.7 Å². The molecule has 1 aliphatic heterocycles. The molecule has 0 radical (unpaired) electrons. The predicted octanol–water partition coefficient (Wildman–Crippen LogP) is 4.51. The Morgan fingerprint density at radius 1 is 1.22 bits per heavy atom. The van der Waals surface area contributed by atoms with Crippen LogP contribution in [0.2, 0.25) is 0 Å². The summed E-state index contributed by atoms with van der Waals surface area (Å²) in [5, 5.41) is 27.9. The summed E-state index contributed by atoms with van der Waals surface area (Å²) in [5.74, 6) is 0.196. The summed E-state index contributed by atoms with van der Waals surface area (Å²) in [6.45, 7) is 4.14. The van der Waals surface area contributed by atoms with Crippen LogP contribution in [0.4, 0.5) is 21.6 Å². The van der Waals surface area contributed by atoms with Crippen molar-refractivity contribution in [3.63, 3.8) is 0 Å². The molecule has 1 amide bonds. The van der Waals surface area contributed by atoms with Crippen LogP contribution in [0.25, 0.3) is 11.3 Å². The Morgan fingerprint density at radius 2 is 2.07 bits per heavy atom. The molecule has 2 aliphatic carbocycles. The van der Waals surface area contributed by atoms with Crippen molar-refractivity contribution < 1.29 is 14.3 Å². The Kier molecular flexibility index (Phi) is 6.29. The zero-order valence-corrected chi connectivity index (χ0v) is 23.5. The number of likely N-dealkylation sites (N-methyl/N-ethyl adjacent to an activating group) is 1. The third-order valence-corrected chi connectivity index (χ3v) is 9.92. The number of hydrogen-bond donors (Lipinski definition) is 4. The quantitative estimate of drug-likeness (QED) is 0.276. The Morgan fingerprint density at radius 3 is 2.93 bits per heavy atom. The van der Waals surface area contributed by atoms with Crippen molar-refractivity contribution in [2.24, 2.45) is 5.92 Å². The number of nitrogens with one attached hydrogen (secondary N) is 3. The molecular formula is C29H30FN7O3S. The van der Waals surface area contributed by atoms with E-state index in [1.54, 1.807) is 25.1 Å². The van der Waals surface area contributed by atoms with Crippen LogP contribution in [0.3, 0.4) is 0 Å². The normalized spacial score (nSPS) is 21.4. The van der Waals surface area contributed by atoms with Gasteiger partial charge < -0.3 is 15.7 Å². The zero-order valence-electron chi connectivity index (χ0n) is 22.7. The molecule has 0 saturated heterocycles. The highest BCUT2D eigenvalue weighted by Crippen LogP contribution is 2.53. The van der Waals surface area contributed by atoms with Gasteiger partial charge in [-0.25, -0.2) is 9.49 Å². The average Bonchev–Trinajstić information content (AvgIpc) is 3.68. The molecule has 0 spiro atoms. The predicted molar refractivity (Wildman–Crippen MR) is 154 cm³/mol. The maximum atomic E-state index is 15.0. The lowest BCUT2D eigenvalue weighted by Crippen LogP contribution is -2.30. The molecular weight excluding hydrogens is 545 g/mol. The van der Waals surface area contributed by atoms with E-state index in [9.17, 15) is 14.7 Å². The highest BCUT2D eigenvalue weighted by molar-refractivity contribution is 7.14. The van der Waals surface area contributed by atoms with Crippen molar-refractivity contribution in [3.05, 3.63) is 73.1 Å². The van der Waals surface area contributed by atoms with E-state index in [0.717, 1.165) is 55.0 Å². The van der Waals surface area contributed by atoms with E-state index in [1.807, 2.05) is 17.8 Å². The summed E-state index contributed by atoms with van der Waals surface area (Å²) in [6.07, 6.45) is 2.43. The number of thiophene rings is 1. The standard InChI is InChI=1S/C29H30FN7O3S/c1-14-18(21-12-22(28(39)34-33-21)31-24-10-17-13-36(2)7-8-37(17)35-24)5-6-20(30)25(14)32-29(40)23-11-19-26(38)15-3-4-16(9-15)27(19)41-23/h5-6,10-12,15-16,26,38H,3-4,7-9,13H2,1-2H3,(H,32,40)(H,34,39)(H,31,33,35)/t15?,16?,26-/m0/s1. The van der Waals surface area contributed by atoms with Gasteiger partial charge in [0.05, 0.1) is 34.6 Å². The molecule has 1 fully saturated rings. The Hall–Kier alpha value is -3.87. The molecule has 212 valence electrons. The molecule has 4 aromatic rings. The van der Waals surface area contributed by atoms with E-state index in [0.29, 0.717) is 33.4 Å². The molecule has 4 N–H and O–H groups in total. The van der Waals surface area contributed by atoms with E-state index in [4.69, 9.17) is 0 Å². The summed E-state index contributed by atoms with van der Waals surface area (Å²) in [4.78, 5) is 29.6.